The van der Waals surface area contributed by atoms with Gasteiger partial charge in [0, 0.05) is 12.6 Å². The van der Waals surface area contributed by atoms with Crippen LogP contribution in [0.15, 0.2) is 24.3 Å². The first kappa shape index (κ1) is 22.1. The highest BCUT2D eigenvalue weighted by atomic mass is 16.5. The first-order valence-corrected chi connectivity index (χ1v) is 9.89. The Bertz CT molecular complexity index is 540. The molecule has 1 N–H and O–H groups in total. The molecule has 4 nitrogen and oxygen atoms in total. The van der Waals surface area contributed by atoms with E-state index in [-0.39, 0.29) is 5.91 Å². The van der Waals surface area contributed by atoms with Gasteiger partial charge in [-0.1, -0.05) is 64.4 Å². The number of carbonyl (C=O) groups is 1. The summed E-state index contributed by atoms with van der Waals surface area (Å²) in [4.78, 5) is 11.9. The summed E-state index contributed by atoms with van der Waals surface area (Å²) in [6.45, 7) is 2.99. The minimum atomic E-state index is -0.0562. The molecule has 26 heavy (non-hydrogen) atoms. The van der Waals surface area contributed by atoms with Crippen LogP contribution in [0.25, 0.3) is 6.08 Å². The standard InChI is InChI=1S/C22H35NO3/c1-4-5-6-7-8-9-10-11-12-17-23-22(24)16-14-19-13-15-20(25-2)21(18-19)26-3/h13-16,18H,4-12,17H2,1-3H3,(H,23,24)/b16-14+. The molecule has 0 saturated carbocycles. The van der Waals surface area contributed by atoms with Gasteiger partial charge in [-0.05, 0) is 30.2 Å². The van der Waals surface area contributed by atoms with Crippen molar-refractivity contribution in [2.75, 3.05) is 20.8 Å². The predicted octanol–water partition coefficient (Wildman–Crippen LogP) is 5.36. The normalized spacial score (nSPS) is 10.9. The minimum Gasteiger partial charge on any atom is -0.493 e. The van der Waals surface area contributed by atoms with E-state index in [4.69, 9.17) is 9.47 Å². The van der Waals surface area contributed by atoms with E-state index in [9.17, 15) is 4.79 Å². The summed E-state index contributed by atoms with van der Waals surface area (Å²) in [5.74, 6) is 1.28. The van der Waals surface area contributed by atoms with Gasteiger partial charge in [0.1, 0.15) is 0 Å². The number of methoxy groups -OCH3 is 2. The highest BCUT2D eigenvalue weighted by Crippen LogP contribution is 2.27. The molecule has 0 heterocycles. The quantitative estimate of drug-likeness (QED) is 0.358. The Morgan fingerprint density at radius 2 is 1.54 bits per heavy atom. The molecule has 0 saturated heterocycles. The maximum Gasteiger partial charge on any atom is 0.243 e. The Balaban J connectivity index is 2.15. The second kappa shape index (κ2) is 14.2. The molecule has 0 radical (unpaired) electrons. The largest absolute Gasteiger partial charge is 0.493 e. The molecule has 0 fully saturated rings. The zero-order valence-corrected chi connectivity index (χ0v) is 16.7. The summed E-state index contributed by atoms with van der Waals surface area (Å²) in [5.41, 5.74) is 0.904. The van der Waals surface area contributed by atoms with Gasteiger partial charge in [-0.3, -0.25) is 4.79 Å². The zero-order valence-electron chi connectivity index (χ0n) is 16.7. The number of hydrogen-bond acceptors (Lipinski definition) is 3. The van der Waals surface area contributed by atoms with Crippen molar-refractivity contribution in [3.8, 4) is 11.5 Å². The number of rotatable bonds is 14. The van der Waals surface area contributed by atoms with E-state index in [1.807, 2.05) is 18.2 Å². The van der Waals surface area contributed by atoms with E-state index in [2.05, 4.69) is 12.2 Å². The van der Waals surface area contributed by atoms with Crippen molar-refractivity contribution in [2.24, 2.45) is 0 Å². The predicted molar refractivity (Wildman–Crippen MR) is 109 cm³/mol. The molecule has 0 aromatic heterocycles. The van der Waals surface area contributed by atoms with Gasteiger partial charge in [0.2, 0.25) is 5.91 Å². The van der Waals surface area contributed by atoms with Crippen molar-refractivity contribution < 1.29 is 14.3 Å². The Hall–Kier alpha value is -1.97. The van der Waals surface area contributed by atoms with Gasteiger partial charge >= 0.3 is 0 Å². The van der Waals surface area contributed by atoms with Crippen LogP contribution >= 0.6 is 0 Å². The Morgan fingerprint density at radius 1 is 0.923 bits per heavy atom. The highest BCUT2D eigenvalue weighted by molar-refractivity contribution is 5.91. The molecule has 0 aliphatic carbocycles. The molecule has 0 unspecified atom stereocenters. The van der Waals surface area contributed by atoms with E-state index in [0.29, 0.717) is 11.5 Å². The molecular formula is C22H35NO3. The summed E-state index contributed by atoms with van der Waals surface area (Å²) >= 11 is 0. The number of benzene rings is 1. The second-order valence-corrected chi connectivity index (χ2v) is 6.57. The van der Waals surface area contributed by atoms with Crippen LogP contribution in [0.4, 0.5) is 0 Å². The molecule has 1 amide bonds. The summed E-state index contributed by atoms with van der Waals surface area (Å²) in [6.07, 6.45) is 14.9. The van der Waals surface area contributed by atoms with Crippen LogP contribution in [-0.2, 0) is 4.79 Å². The van der Waals surface area contributed by atoms with Gasteiger partial charge in [-0.15, -0.1) is 0 Å². The molecule has 1 aromatic carbocycles. The monoisotopic (exact) mass is 361 g/mol. The van der Waals surface area contributed by atoms with Crippen LogP contribution in [0.1, 0.15) is 70.3 Å². The van der Waals surface area contributed by atoms with Gasteiger partial charge < -0.3 is 14.8 Å². The fourth-order valence-corrected chi connectivity index (χ4v) is 2.83. The van der Waals surface area contributed by atoms with Crippen LogP contribution in [0.2, 0.25) is 0 Å². The third-order valence-electron chi connectivity index (χ3n) is 4.41. The van der Waals surface area contributed by atoms with Crippen molar-refractivity contribution in [3.63, 3.8) is 0 Å². The molecular weight excluding hydrogens is 326 g/mol. The third kappa shape index (κ3) is 9.50. The summed E-state index contributed by atoms with van der Waals surface area (Å²) in [7, 11) is 3.20. The van der Waals surface area contributed by atoms with E-state index in [1.165, 1.54) is 51.4 Å². The van der Waals surface area contributed by atoms with E-state index < -0.39 is 0 Å². The topological polar surface area (TPSA) is 47.6 Å². The summed E-state index contributed by atoms with van der Waals surface area (Å²) < 4.78 is 10.5. The number of unbranched alkanes of at least 4 members (excludes halogenated alkanes) is 8. The van der Waals surface area contributed by atoms with Crippen molar-refractivity contribution in [3.05, 3.63) is 29.8 Å². The molecule has 4 heteroatoms. The van der Waals surface area contributed by atoms with Crippen LogP contribution in [0.3, 0.4) is 0 Å². The summed E-state index contributed by atoms with van der Waals surface area (Å²) in [5, 5.41) is 2.94. The van der Waals surface area contributed by atoms with Crippen LogP contribution in [-0.4, -0.2) is 26.7 Å². The lowest BCUT2D eigenvalue weighted by Crippen LogP contribution is -2.21. The minimum absolute atomic E-state index is 0.0562. The first-order valence-electron chi connectivity index (χ1n) is 9.89. The van der Waals surface area contributed by atoms with E-state index in [1.54, 1.807) is 26.4 Å². The molecule has 0 aliphatic rings. The Kier molecular flexibility index (Phi) is 12.1. The van der Waals surface area contributed by atoms with E-state index in [0.717, 1.165) is 18.5 Å². The SMILES string of the molecule is CCCCCCCCCCCNC(=O)/C=C/c1ccc(OC)c(OC)c1. The fraction of sp³-hybridized carbons (Fsp3) is 0.591. The van der Waals surface area contributed by atoms with Gasteiger partial charge in [0.05, 0.1) is 14.2 Å². The maximum absolute atomic E-state index is 11.9. The lowest BCUT2D eigenvalue weighted by atomic mass is 10.1. The van der Waals surface area contributed by atoms with Gasteiger partial charge in [0.15, 0.2) is 11.5 Å². The molecule has 0 bridgehead atoms. The second-order valence-electron chi connectivity index (χ2n) is 6.57. The smallest absolute Gasteiger partial charge is 0.243 e. The molecule has 0 atom stereocenters. The number of carbonyl (C=O) groups excluding carboxylic acids is 1. The lowest BCUT2D eigenvalue weighted by Gasteiger charge is -2.07. The van der Waals surface area contributed by atoms with Crippen LogP contribution < -0.4 is 14.8 Å². The zero-order chi connectivity index (χ0) is 19.0. The number of hydrogen-bond donors (Lipinski definition) is 1. The fourth-order valence-electron chi connectivity index (χ4n) is 2.83. The number of amides is 1. The molecule has 0 aliphatic heterocycles. The molecule has 1 rings (SSSR count). The van der Waals surface area contributed by atoms with Crippen molar-refractivity contribution >= 4 is 12.0 Å². The summed E-state index contributed by atoms with van der Waals surface area (Å²) in [6, 6.07) is 5.58. The van der Waals surface area contributed by atoms with E-state index >= 15 is 0 Å². The third-order valence-corrected chi connectivity index (χ3v) is 4.41. The highest BCUT2D eigenvalue weighted by Gasteiger charge is 2.03. The Morgan fingerprint density at radius 3 is 2.15 bits per heavy atom. The van der Waals surface area contributed by atoms with Gasteiger partial charge in [-0.2, -0.15) is 0 Å². The number of ether oxygens (including phenoxy) is 2. The number of nitrogens with one attached hydrogen (secondary N) is 1. The average molecular weight is 362 g/mol. The van der Waals surface area contributed by atoms with Gasteiger partial charge in [0.25, 0.3) is 0 Å². The van der Waals surface area contributed by atoms with Crippen molar-refractivity contribution in [1.82, 2.24) is 5.32 Å². The molecule has 1 aromatic rings. The lowest BCUT2D eigenvalue weighted by molar-refractivity contribution is -0.116. The van der Waals surface area contributed by atoms with Crippen molar-refractivity contribution in [2.45, 2.75) is 64.7 Å². The Labute approximate surface area is 159 Å². The average Bonchev–Trinajstić information content (AvgIpc) is 2.67. The molecule has 0 spiro atoms. The molecule has 146 valence electrons. The first-order chi connectivity index (χ1) is 12.7. The van der Waals surface area contributed by atoms with Crippen LogP contribution in [0.5, 0.6) is 11.5 Å². The van der Waals surface area contributed by atoms with Crippen LogP contribution in [0, 0.1) is 0 Å². The van der Waals surface area contributed by atoms with Gasteiger partial charge in [-0.25, -0.2) is 0 Å². The van der Waals surface area contributed by atoms with Crippen molar-refractivity contribution in [1.29, 1.82) is 0 Å². The maximum atomic E-state index is 11.9.